The van der Waals surface area contributed by atoms with Crippen molar-refractivity contribution >= 4 is 23.4 Å². The summed E-state index contributed by atoms with van der Waals surface area (Å²) in [4.78, 5) is 8.53. The molecule has 0 radical (unpaired) electrons. The minimum atomic E-state index is 0. The molecular weight excluding hydrogens is 264 g/mol. The molecular formula is C13H13ClN4O. The Morgan fingerprint density at radius 3 is 3.05 bits per heavy atom. The molecule has 1 saturated carbocycles. The molecule has 3 aromatic heterocycles. The summed E-state index contributed by atoms with van der Waals surface area (Å²) < 4.78 is 5.54. The van der Waals surface area contributed by atoms with E-state index in [4.69, 9.17) is 4.42 Å². The minimum absolute atomic E-state index is 0. The highest BCUT2D eigenvalue weighted by atomic mass is 35.5. The van der Waals surface area contributed by atoms with Gasteiger partial charge in [-0.15, -0.1) is 12.4 Å². The van der Waals surface area contributed by atoms with Gasteiger partial charge in [-0.1, -0.05) is 0 Å². The molecule has 0 saturated heterocycles. The van der Waals surface area contributed by atoms with Gasteiger partial charge in [-0.2, -0.15) is 5.10 Å². The molecule has 5 nitrogen and oxygen atoms in total. The quantitative estimate of drug-likeness (QED) is 0.798. The Morgan fingerprint density at radius 2 is 2.21 bits per heavy atom. The standard InChI is InChI=1S/C13H12N4O.ClH/c1-2-9-11(16-17-13(9)14-5-1)12-10(15-7-18-12)6-8-3-4-8;/h1-2,5,7-8H,3-4,6H2,(H,14,16,17);1H. The molecule has 19 heavy (non-hydrogen) atoms. The van der Waals surface area contributed by atoms with Crippen LogP contribution in [0.25, 0.3) is 22.5 Å². The van der Waals surface area contributed by atoms with Crippen LogP contribution in [0.3, 0.4) is 0 Å². The lowest BCUT2D eigenvalue weighted by atomic mass is 10.1. The number of oxazole rings is 1. The smallest absolute Gasteiger partial charge is 0.181 e. The highest BCUT2D eigenvalue weighted by Crippen LogP contribution is 2.36. The van der Waals surface area contributed by atoms with Gasteiger partial charge in [0, 0.05) is 11.6 Å². The van der Waals surface area contributed by atoms with Gasteiger partial charge in [-0.3, -0.25) is 5.10 Å². The molecule has 1 aliphatic rings. The van der Waals surface area contributed by atoms with Crippen LogP contribution < -0.4 is 0 Å². The van der Waals surface area contributed by atoms with Gasteiger partial charge in [0.1, 0.15) is 5.69 Å². The second kappa shape index (κ2) is 4.66. The number of nitrogens with one attached hydrogen (secondary N) is 1. The summed E-state index contributed by atoms with van der Waals surface area (Å²) in [6.45, 7) is 0. The van der Waals surface area contributed by atoms with Crippen molar-refractivity contribution in [3.05, 3.63) is 30.4 Å². The summed E-state index contributed by atoms with van der Waals surface area (Å²) in [6, 6.07) is 3.89. The Morgan fingerprint density at radius 1 is 1.32 bits per heavy atom. The summed E-state index contributed by atoms with van der Waals surface area (Å²) >= 11 is 0. The molecule has 1 aliphatic carbocycles. The van der Waals surface area contributed by atoms with Gasteiger partial charge < -0.3 is 4.42 Å². The Bertz CT molecular complexity index is 701. The topological polar surface area (TPSA) is 67.6 Å². The lowest BCUT2D eigenvalue weighted by Gasteiger charge is -1.97. The predicted octanol–water partition coefficient (Wildman–Crippen LogP) is 2.99. The number of H-pyrrole nitrogens is 1. The number of hydrogen-bond donors (Lipinski definition) is 1. The van der Waals surface area contributed by atoms with Crippen molar-refractivity contribution in [1.82, 2.24) is 20.2 Å². The summed E-state index contributed by atoms with van der Waals surface area (Å²) in [5.74, 6) is 1.58. The number of fused-ring (bicyclic) bond motifs is 1. The maximum atomic E-state index is 5.54. The van der Waals surface area contributed by atoms with Crippen molar-refractivity contribution in [3.8, 4) is 11.5 Å². The number of aromatic nitrogens is 4. The largest absolute Gasteiger partial charge is 0.442 e. The Hall–Kier alpha value is -1.88. The Kier molecular flexibility index (Phi) is 2.98. The van der Waals surface area contributed by atoms with Gasteiger partial charge in [0.25, 0.3) is 0 Å². The van der Waals surface area contributed by atoms with Crippen LogP contribution >= 0.6 is 12.4 Å². The fraction of sp³-hybridized carbons (Fsp3) is 0.308. The van der Waals surface area contributed by atoms with Crippen molar-refractivity contribution < 1.29 is 4.42 Å². The first-order chi connectivity index (χ1) is 8.92. The molecule has 98 valence electrons. The summed E-state index contributed by atoms with van der Waals surface area (Å²) in [6.07, 6.45) is 6.84. The van der Waals surface area contributed by atoms with Gasteiger partial charge in [0.15, 0.2) is 17.8 Å². The lowest BCUT2D eigenvalue weighted by molar-refractivity contribution is 0.568. The molecule has 0 spiro atoms. The van der Waals surface area contributed by atoms with Crippen molar-refractivity contribution in [2.45, 2.75) is 19.3 Å². The normalized spacial score (nSPS) is 14.5. The number of pyridine rings is 1. The average molecular weight is 277 g/mol. The monoisotopic (exact) mass is 276 g/mol. The van der Waals surface area contributed by atoms with Gasteiger partial charge >= 0.3 is 0 Å². The van der Waals surface area contributed by atoms with Gasteiger partial charge in [-0.05, 0) is 37.3 Å². The van der Waals surface area contributed by atoms with Crippen molar-refractivity contribution in [1.29, 1.82) is 0 Å². The molecule has 0 atom stereocenters. The van der Waals surface area contributed by atoms with Crippen LogP contribution in [0.1, 0.15) is 18.5 Å². The van der Waals surface area contributed by atoms with Crippen LogP contribution in [0.15, 0.2) is 29.1 Å². The van der Waals surface area contributed by atoms with Crippen molar-refractivity contribution in [2.75, 3.05) is 0 Å². The molecule has 3 aromatic rings. The highest BCUT2D eigenvalue weighted by molar-refractivity contribution is 5.89. The number of halogens is 1. The van der Waals surface area contributed by atoms with Gasteiger partial charge in [-0.25, -0.2) is 9.97 Å². The zero-order chi connectivity index (χ0) is 11.9. The maximum Gasteiger partial charge on any atom is 0.181 e. The van der Waals surface area contributed by atoms with E-state index in [9.17, 15) is 0 Å². The SMILES string of the molecule is Cl.c1cnc2n[nH]c(-c3ocnc3CC3CC3)c2c1. The van der Waals surface area contributed by atoms with Crippen LogP contribution in [-0.2, 0) is 6.42 Å². The van der Waals surface area contributed by atoms with Crippen molar-refractivity contribution in [2.24, 2.45) is 5.92 Å². The first kappa shape index (κ1) is 12.2. The fourth-order valence-electron chi connectivity index (χ4n) is 2.24. The minimum Gasteiger partial charge on any atom is -0.442 e. The zero-order valence-corrected chi connectivity index (χ0v) is 11.0. The molecule has 4 rings (SSSR count). The number of rotatable bonds is 3. The third kappa shape index (κ3) is 2.10. The number of aromatic amines is 1. The molecule has 0 bridgehead atoms. The van der Waals surface area contributed by atoms with E-state index in [0.717, 1.165) is 34.9 Å². The molecule has 0 unspecified atom stereocenters. The number of nitrogens with zero attached hydrogens (tertiary/aromatic N) is 3. The Labute approximate surface area is 115 Å². The van der Waals surface area contributed by atoms with Crippen LogP contribution in [0, 0.1) is 5.92 Å². The first-order valence-electron chi connectivity index (χ1n) is 6.13. The predicted molar refractivity (Wildman–Crippen MR) is 73.1 cm³/mol. The highest BCUT2D eigenvalue weighted by Gasteiger charge is 2.26. The third-order valence-corrected chi connectivity index (χ3v) is 3.38. The van der Waals surface area contributed by atoms with Crippen LogP contribution in [0.5, 0.6) is 0 Å². The van der Waals surface area contributed by atoms with E-state index < -0.39 is 0 Å². The van der Waals surface area contributed by atoms with Crippen LogP contribution in [-0.4, -0.2) is 20.2 Å². The molecule has 3 heterocycles. The van der Waals surface area contributed by atoms with Crippen LogP contribution in [0.2, 0.25) is 0 Å². The van der Waals surface area contributed by atoms with E-state index in [-0.39, 0.29) is 12.4 Å². The molecule has 1 N–H and O–H groups in total. The molecule has 0 aliphatic heterocycles. The summed E-state index contributed by atoms with van der Waals surface area (Å²) in [7, 11) is 0. The average Bonchev–Trinajstić information content (AvgIpc) is 2.93. The number of hydrogen-bond acceptors (Lipinski definition) is 4. The second-order valence-corrected chi connectivity index (χ2v) is 4.75. The fourth-order valence-corrected chi connectivity index (χ4v) is 2.24. The van der Waals surface area contributed by atoms with E-state index >= 15 is 0 Å². The molecule has 0 amide bonds. The van der Waals surface area contributed by atoms with E-state index in [1.165, 1.54) is 19.2 Å². The second-order valence-electron chi connectivity index (χ2n) is 4.75. The van der Waals surface area contributed by atoms with Crippen molar-refractivity contribution in [3.63, 3.8) is 0 Å². The van der Waals surface area contributed by atoms with E-state index in [0.29, 0.717) is 5.65 Å². The van der Waals surface area contributed by atoms with Gasteiger partial charge in [0.2, 0.25) is 0 Å². The molecule has 0 aromatic carbocycles. The van der Waals surface area contributed by atoms with Crippen LogP contribution in [0.4, 0.5) is 0 Å². The molecule has 6 heteroatoms. The van der Waals surface area contributed by atoms with Gasteiger partial charge in [0.05, 0.1) is 5.69 Å². The first-order valence-corrected chi connectivity index (χ1v) is 6.13. The Balaban J connectivity index is 0.00000110. The maximum absolute atomic E-state index is 5.54. The van der Waals surface area contributed by atoms with E-state index in [1.807, 2.05) is 12.1 Å². The summed E-state index contributed by atoms with van der Waals surface area (Å²) in [5, 5.41) is 8.17. The lowest BCUT2D eigenvalue weighted by Crippen LogP contribution is -1.90. The molecule has 1 fully saturated rings. The third-order valence-electron chi connectivity index (χ3n) is 3.38. The van der Waals surface area contributed by atoms with E-state index in [1.54, 1.807) is 6.20 Å². The summed E-state index contributed by atoms with van der Waals surface area (Å²) in [5.41, 5.74) is 2.61. The van der Waals surface area contributed by atoms with E-state index in [2.05, 4.69) is 20.2 Å². The zero-order valence-electron chi connectivity index (χ0n) is 10.2.